The molecular weight excluding hydrogens is 234 g/mol. The van der Waals surface area contributed by atoms with E-state index in [1.165, 1.54) is 0 Å². The number of alkyl halides is 1. The fraction of sp³-hybridized carbons (Fsp3) is 0.889. The second-order valence-electron chi connectivity index (χ2n) is 3.13. The zero-order valence-corrected chi connectivity index (χ0v) is 9.55. The average Bonchev–Trinajstić information content (AvgIpc) is 2.43. The van der Waals surface area contributed by atoms with Crippen LogP contribution < -0.4 is 0 Å². The van der Waals surface area contributed by atoms with E-state index in [-0.39, 0.29) is 10.7 Å². The summed E-state index contributed by atoms with van der Waals surface area (Å²) >= 11 is 3.34. The molecule has 1 rings (SSSR count). The Balaban J connectivity index is 2.12. The first-order valence-electron chi connectivity index (χ1n) is 4.76. The summed E-state index contributed by atoms with van der Waals surface area (Å²) in [6, 6.07) is 0. The van der Waals surface area contributed by atoms with Gasteiger partial charge in [-0.1, -0.05) is 15.9 Å². The van der Waals surface area contributed by atoms with Gasteiger partial charge in [-0.2, -0.15) is 0 Å². The molecule has 3 nitrogen and oxygen atoms in total. The van der Waals surface area contributed by atoms with E-state index in [4.69, 9.17) is 4.74 Å². The van der Waals surface area contributed by atoms with Crippen molar-refractivity contribution in [3.63, 3.8) is 0 Å². The molecule has 0 aromatic rings. The third kappa shape index (κ3) is 3.27. The maximum absolute atomic E-state index is 11.4. The summed E-state index contributed by atoms with van der Waals surface area (Å²) in [5, 5.41) is 0. The molecule has 1 atom stereocenters. The van der Waals surface area contributed by atoms with Crippen molar-refractivity contribution in [2.24, 2.45) is 0 Å². The molecule has 1 fully saturated rings. The Hall–Kier alpha value is -0.0900. The summed E-state index contributed by atoms with van der Waals surface area (Å²) < 4.78 is 5.21. The predicted molar refractivity (Wildman–Crippen MR) is 55.0 cm³/mol. The zero-order chi connectivity index (χ0) is 9.68. The number of rotatable bonds is 5. The summed E-state index contributed by atoms with van der Waals surface area (Å²) in [6.07, 6.45) is 1.88. The van der Waals surface area contributed by atoms with E-state index in [9.17, 15) is 4.79 Å². The lowest BCUT2D eigenvalue weighted by atomic mass is 10.4. The van der Waals surface area contributed by atoms with Gasteiger partial charge < -0.3 is 9.64 Å². The van der Waals surface area contributed by atoms with Crippen LogP contribution >= 0.6 is 15.9 Å². The molecule has 0 N–H and O–H groups in total. The molecule has 1 saturated heterocycles. The number of amides is 1. The molecule has 1 aliphatic rings. The van der Waals surface area contributed by atoms with Crippen molar-refractivity contribution < 1.29 is 9.53 Å². The van der Waals surface area contributed by atoms with Gasteiger partial charge in [0.05, 0.1) is 4.83 Å². The molecule has 0 radical (unpaired) electrons. The first kappa shape index (κ1) is 11.0. The molecular formula is C9H16BrNO2. The number of hydrogen-bond donors (Lipinski definition) is 0. The van der Waals surface area contributed by atoms with Crippen LogP contribution in [0.25, 0.3) is 0 Å². The van der Waals surface area contributed by atoms with Gasteiger partial charge in [-0.3, -0.25) is 4.79 Å². The van der Waals surface area contributed by atoms with Crippen LogP contribution in [-0.2, 0) is 9.53 Å². The second kappa shape index (κ2) is 5.60. The molecule has 76 valence electrons. The highest BCUT2D eigenvalue weighted by molar-refractivity contribution is 9.10. The Morgan fingerprint density at radius 2 is 2.46 bits per heavy atom. The smallest absolute Gasteiger partial charge is 0.236 e. The Labute approximate surface area is 87.6 Å². The molecule has 13 heavy (non-hydrogen) atoms. The van der Waals surface area contributed by atoms with Crippen molar-refractivity contribution in [2.45, 2.75) is 24.6 Å². The van der Waals surface area contributed by atoms with Gasteiger partial charge in [0.2, 0.25) is 5.91 Å². The first-order valence-corrected chi connectivity index (χ1v) is 5.68. The fourth-order valence-corrected chi connectivity index (χ4v) is 1.92. The summed E-state index contributed by atoms with van der Waals surface area (Å²) in [5.41, 5.74) is 0. The van der Waals surface area contributed by atoms with E-state index < -0.39 is 0 Å². The topological polar surface area (TPSA) is 29.5 Å². The van der Waals surface area contributed by atoms with Crippen LogP contribution in [0.1, 0.15) is 19.8 Å². The lowest BCUT2D eigenvalue weighted by Gasteiger charge is -2.15. The minimum Gasteiger partial charge on any atom is -0.382 e. The quantitative estimate of drug-likeness (QED) is 0.545. The van der Waals surface area contributed by atoms with Crippen molar-refractivity contribution in [2.75, 3.05) is 26.3 Å². The molecule has 1 amide bonds. The summed E-state index contributed by atoms with van der Waals surface area (Å²) in [5.74, 6) is 0.233. The molecule has 0 aromatic carbocycles. The van der Waals surface area contributed by atoms with Crippen molar-refractivity contribution >= 4 is 21.8 Å². The van der Waals surface area contributed by atoms with Crippen molar-refractivity contribution in [1.29, 1.82) is 0 Å². The summed E-state index contributed by atoms with van der Waals surface area (Å²) in [7, 11) is 0. The molecule has 0 spiro atoms. The third-order valence-corrected chi connectivity index (χ3v) is 3.00. The molecule has 1 heterocycles. The SMILES string of the molecule is CCOCCCN1CCC(Br)C1=O. The zero-order valence-electron chi connectivity index (χ0n) is 7.96. The normalized spacial score (nSPS) is 22.8. The van der Waals surface area contributed by atoms with Crippen molar-refractivity contribution in [3.05, 3.63) is 0 Å². The number of hydrogen-bond acceptors (Lipinski definition) is 2. The highest BCUT2D eigenvalue weighted by atomic mass is 79.9. The number of halogens is 1. The minimum atomic E-state index is 0.0552. The van der Waals surface area contributed by atoms with Crippen LogP contribution in [0.3, 0.4) is 0 Å². The van der Waals surface area contributed by atoms with Gasteiger partial charge in [-0.25, -0.2) is 0 Å². The Kier molecular flexibility index (Phi) is 4.73. The summed E-state index contributed by atoms with van der Waals surface area (Å²) in [6.45, 7) is 5.22. The van der Waals surface area contributed by atoms with E-state index in [1.807, 2.05) is 11.8 Å². The van der Waals surface area contributed by atoms with Gasteiger partial charge in [0.15, 0.2) is 0 Å². The lowest BCUT2D eigenvalue weighted by molar-refractivity contribution is -0.127. The molecule has 0 bridgehead atoms. The summed E-state index contributed by atoms with van der Waals surface area (Å²) in [4.78, 5) is 13.4. The van der Waals surface area contributed by atoms with Crippen LogP contribution in [0.2, 0.25) is 0 Å². The molecule has 0 saturated carbocycles. The van der Waals surface area contributed by atoms with Crippen molar-refractivity contribution in [1.82, 2.24) is 4.90 Å². The van der Waals surface area contributed by atoms with E-state index in [1.54, 1.807) is 0 Å². The van der Waals surface area contributed by atoms with Crippen LogP contribution in [0.5, 0.6) is 0 Å². The predicted octanol–water partition coefficient (Wildman–Crippen LogP) is 1.41. The molecule has 0 aromatic heterocycles. The first-order chi connectivity index (χ1) is 6.25. The third-order valence-electron chi connectivity index (χ3n) is 2.15. The second-order valence-corrected chi connectivity index (χ2v) is 4.24. The van der Waals surface area contributed by atoms with Gasteiger partial charge in [0.25, 0.3) is 0 Å². The highest BCUT2D eigenvalue weighted by Gasteiger charge is 2.28. The van der Waals surface area contributed by atoms with Gasteiger partial charge in [0, 0.05) is 26.3 Å². The lowest BCUT2D eigenvalue weighted by Crippen LogP contribution is -2.29. The van der Waals surface area contributed by atoms with Crippen LogP contribution in [-0.4, -0.2) is 41.9 Å². The van der Waals surface area contributed by atoms with Crippen LogP contribution in [0.15, 0.2) is 0 Å². The standard InChI is InChI=1S/C9H16BrNO2/c1-2-13-7-3-5-11-6-4-8(10)9(11)12/h8H,2-7H2,1H3. The number of carbonyl (C=O) groups excluding carboxylic acids is 1. The Bertz CT molecular complexity index is 175. The van der Waals surface area contributed by atoms with Gasteiger partial charge >= 0.3 is 0 Å². The maximum atomic E-state index is 11.4. The number of ether oxygens (including phenoxy) is 1. The van der Waals surface area contributed by atoms with E-state index in [2.05, 4.69) is 15.9 Å². The highest BCUT2D eigenvalue weighted by Crippen LogP contribution is 2.18. The fourth-order valence-electron chi connectivity index (χ4n) is 1.42. The van der Waals surface area contributed by atoms with Crippen LogP contribution in [0, 0.1) is 0 Å². The van der Waals surface area contributed by atoms with E-state index in [0.717, 1.165) is 39.1 Å². The van der Waals surface area contributed by atoms with E-state index >= 15 is 0 Å². The van der Waals surface area contributed by atoms with E-state index in [0.29, 0.717) is 0 Å². The minimum absolute atomic E-state index is 0.0552. The number of carbonyl (C=O) groups is 1. The van der Waals surface area contributed by atoms with Crippen molar-refractivity contribution in [3.8, 4) is 0 Å². The molecule has 1 unspecified atom stereocenters. The Morgan fingerprint density at radius 1 is 1.69 bits per heavy atom. The monoisotopic (exact) mass is 249 g/mol. The molecule has 0 aliphatic carbocycles. The average molecular weight is 250 g/mol. The van der Waals surface area contributed by atoms with Crippen LogP contribution in [0.4, 0.5) is 0 Å². The largest absolute Gasteiger partial charge is 0.382 e. The van der Waals surface area contributed by atoms with Gasteiger partial charge in [-0.15, -0.1) is 0 Å². The number of nitrogens with zero attached hydrogens (tertiary/aromatic N) is 1. The maximum Gasteiger partial charge on any atom is 0.236 e. The van der Waals surface area contributed by atoms with Gasteiger partial charge in [0.1, 0.15) is 0 Å². The Morgan fingerprint density at radius 3 is 3.00 bits per heavy atom. The van der Waals surface area contributed by atoms with Gasteiger partial charge in [-0.05, 0) is 19.8 Å². The molecule has 4 heteroatoms. The number of likely N-dealkylation sites (tertiary alicyclic amines) is 1. The molecule has 1 aliphatic heterocycles.